The molecule has 0 bridgehead atoms. The summed E-state index contributed by atoms with van der Waals surface area (Å²) in [7, 11) is 0. The van der Waals surface area contributed by atoms with E-state index in [9.17, 15) is 0 Å². The van der Waals surface area contributed by atoms with Crippen LogP contribution in [0.4, 0.5) is 5.82 Å². The number of anilines is 1. The predicted molar refractivity (Wildman–Crippen MR) is 83.9 cm³/mol. The van der Waals surface area contributed by atoms with Gasteiger partial charge >= 0.3 is 0 Å². The lowest BCUT2D eigenvalue weighted by atomic mass is 10.2. The van der Waals surface area contributed by atoms with Gasteiger partial charge in [0.2, 0.25) is 0 Å². The number of nitrogens with one attached hydrogen (secondary N) is 1. The van der Waals surface area contributed by atoms with Gasteiger partial charge in [0, 0.05) is 12.7 Å². The third kappa shape index (κ3) is 3.37. The second-order valence-corrected chi connectivity index (χ2v) is 5.11. The Balaban J connectivity index is 2.49. The predicted octanol–water partition coefficient (Wildman–Crippen LogP) is 2.92. The zero-order valence-corrected chi connectivity index (χ0v) is 13.2. The lowest BCUT2D eigenvalue weighted by Gasteiger charge is -2.11. The zero-order chi connectivity index (χ0) is 13.7. The second kappa shape index (κ2) is 6.74. The SMILES string of the molecule is CCCc1nc(-c2ccncn2)nc(NCC)c1I. The monoisotopic (exact) mass is 369 g/mol. The van der Waals surface area contributed by atoms with Crippen molar-refractivity contribution in [2.24, 2.45) is 0 Å². The Morgan fingerprint density at radius 1 is 1.26 bits per heavy atom. The number of aromatic nitrogens is 4. The van der Waals surface area contributed by atoms with Gasteiger partial charge in [0.15, 0.2) is 5.82 Å². The molecule has 0 saturated carbocycles. The summed E-state index contributed by atoms with van der Waals surface area (Å²) in [6.45, 7) is 5.04. The summed E-state index contributed by atoms with van der Waals surface area (Å²) >= 11 is 2.30. The van der Waals surface area contributed by atoms with E-state index in [0.717, 1.165) is 40.2 Å². The van der Waals surface area contributed by atoms with Crippen molar-refractivity contribution >= 4 is 28.4 Å². The lowest BCUT2D eigenvalue weighted by molar-refractivity contribution is 0.865. The first-order valence-corrected chi connectivity index (χ1v) is 7.40. The van der Waals surface area contributed by atoms with Crippen molar-refractivity contribution in [3.05, 3.63) is 27.9 Å². The maximum atomic E-state index is 4.63. The fourth-order valence-corrected chi connectivity index (χ4v) is 2.42. The first-order chi connectivity index (χ1) is 9.26. The molecule has 2 rings (SSSR count). The molecule has 0 aliphatic rings. The Bertz CT molecular complexity index is 517. The Morgan fingerprint density at radius 2 is 2.11 bits per heavy atom. The van der Waals surface area contributed by atoms with Crippen molar-refractivity contribution in [2.45, 2.75) is 26.7 Å². The van der Waals surface area contributed by atoms with E-state index in [0.29, 0.717) is 5.82 Å². The third-order valence-electron chi connectivity index (χ3n) is 2.56. The van der Waals surface area contributed by atoms with E-state index in [4.69, 9.17) is 0 Å². The molecule has 0 aliphatic heterocycles. The highest BCUT2D eigenvalue weighted by Crippen LogP contribution is 2.23. The highest BCUT2D eigenvalue weighted by molar-refractivity contribution is 14.1. The molecule has 19 heavy (non-hydrogen) atoms. The molecule has 100 valence electrons. The van der Waals surface area contributed by atoms with Crippen molar-refractivity contribution in [3.8, 4) is 11.5 Å². The molecule has 2 aromatic heterocycles. The van der Waals surface area contributed by atoms with Crippen LogP contribution in [0.2, 0.25) is 0 Å². The van der Waals surface area contributed by atoms with Gasteiger partial charge in [-0.15, -0.1) is 0 Å². The van der Waals surface area contributed by atoms with Crippen LogP contribution in [0.15, 0.2) is 18.6 Å². The van der Waals surface area contributed by atoms with E-state index >= 15 is 0 Å². The molecule has 0 saturated heterocycles. The number of hydrogen-bond acceptors (Lipinski definition) is 5. The maximum Gasteiger partial charge on any atom is 0.180 e. The van der Waals surface area contributed by atoms with Gasteiger partial charge in [-0.25, -0.2) is 19.9 Å². The van der Waals surface area contributed by atoms with Crippen LogP contribution in [0.1, 0.15) is 26.0 Å². The van der Waals surface area contributed by atoms with Crippen LogP contribution in [-0.4, -0.2) is 26.5 Å². The normalized spacial score (nSPS) is 10.5. The summed E-state index contributed by atoms with van der Waals surface area (Å²) in [5.74, 6) is 1.54. The van der Waals surface area contributed by atoms with Crippen LogP contribution in [0.3, 0.4) is 0 Å². The first-order valence-electron chi connectivity index (χ1n) is 6.32. The molecule has 1 N–H and O–H groups in total. The minimum Gasteiger partial charge on any atom is -0.369 e. The Labute approximate surface area is 126 Å². The number of hydrogen-bond donors (Lipinski definition) is 1. The highest BCUT2D eigenvalue weighted by atomic mass is 127. The Hall–Kier alpha value is -1.31. The molecular weight excluding hydrogens is 353 g/mol. The fourth-order valence-electron chi connectivity index (χ4n) is 1.72. The van der Waals surface area contributed by atoms with E-state index in [1.54, 1.807) is 6.20 Å². The fraction of sp³-hybridized carbons (Fsp3) is 0.385. The molecule has 0 atom stereocenters. The minimum atomic E-state index is 0.655. The van der Waals surface area contributed by atoms with E-state index in [1.807, 2.05) is 6.07 Å². The van der Waals surface area contributed by atoms with Crippen molar-refractivity contribution in [1.82, 2.24) is 19.9 Å². The Kier molecular flexibility index (Phi) is 5.00. The molecule has 0 aliphatic carbocycles. The smallest absolute Gasteiger partial charge is 0.180 e. The van der Waals surface area contributed by atoms with Crippen LogP contribution in [0.5, 0.6) is 0 Å². The molecule has 2 heterocycles. The van der Waals surface area contributed by atoms with Crippen LogP contribution >= 0.6 is 22.6 Å². The molecule has 0 fully saturated rings. The van der Waals surface area contributed by atoms with Gasteiger partial charge < -0.3 is 5.32 Å². The van der Waals surface area contributed by atoms with Crippen LogP contribution in [0, 0.1) is 3.57 Å². The van der Waals surface area contributed by atoms with Gasteiger partial charge in [0.25, 0.3) is 0 Å². The van der Waals surface area contributed by atoms with E-state index < -0.39 is 0 Å². The Morgan fingerprint density at radius 3 is 2.74 bits per heavy atom. The largest absolute Gasteiger partial charge is 0.369 e. The molecule has 0 unspecified atom stereocenters. The van der Waals surface area contributed by atoms with Gasteiger partial charge in [-0.05, 0) is 42.0 Å². The zero-order valence-electron chi connectivity index (χ0n) is 11.0. The minimum absolute atomic E-state index is 0.655. The van der Waals surface area contributed by atoms with Crippen LogP contribution < -0.4 is 5.32 Å². The average molecular weight is 369 g/mol. The highest BCUT2D eigenvalue weighted by Gasteiger charge is 2.13. The standard InChI is InChI=1S/C13H16IN5/c1-3-5-9-11(14)13(16-4-2)19-12(18-9)10-6-7-15-8-17-10/h6-8H,3-5H2,1-2H3,(H,16,18,19). The molecule has 0 amide bonds. The maximum absolute atomic E-state index is 4.63. The van der Waals surface area contributed by atoms with Gasteiger partial charge in [0.05, 0.1) is 9.26 Å². The van der Waals surface area contributed by atoms with Crippen LogP contribution in [0.25, 0.3) is 11.5 Å². The quantitative estimate of drug-likeness (QED) is 0.822. The molecular formula is C13H16IN5. The van der Waals surface area contributed by atoms with E-state index in [2.05, 4.69) is 61.7 Å². The molecule has 0 aromatic carbocycles. The molecule has 2 aromatic rings. The van der Waals surface area contributed by atoms with Gasteiger partial charge in [-0.1, -0.05) is 13.3 Å². The van der Waals surface area contributed by atoms with Gasteiger partial charge in [0.1, 0.15) is 17.8 Å². The van der Waals surface area contributed by atoms with Crippen molar-refractivity contribution in [3.63, 3.8) is 0 Å². The summed E-state index contributed by atoms with van der Waals surface area (Å²) < 4.78 is 1.10. The molecule has 0 radical (unpaired) electrons. The molecule has 5 nitrogen and oxygen atoms in total. The number of aryl methyl sites for hydroxylation is 1. The van der Waals surface area contributed by atoms with E-state index in [-0.39, 0.29) is 0 Å². The summed E-state index contributed by atoms with van der Waals surface area (Å²) in [5.41, 5.74) is 1.82. The third-order valence-corrected chi connectivity index (χ3v) is 3.70. The summed E-state index contributed by atoms with van der Waals surface area (Å²) in [6, 6.07) is 1.83. The number of rotatable bonds is 5. The average Bonchev–Trinajstić information content (AvgIpc) is 2.44. The molecule has 6 heteroatoms. The van der Waals surface area contributed by atoms with Crippen LogP contribution in [-0.2, 0) is 6.42 Å². The summed E-state index contributed by atoms with van der Waals surface area (Å²) in [5, 5.41) is 3.28. The van der Waals surface area contributed by atoms with Gasteiger partial charge in [-0.3, -0.25) is 0 Å². The van der Waals surface area contributed by atoms with Crippen molar-refractivity contribution < 1.29 is 0 Å². The number of nitrogens with zero attached hydrogens (tertiary/aromatic N) is 4. The second-order valence-electron chi connectivity index (χ2n) is 4.03. The first kappa shape index (κ1) is 14.1. The molecule has 0 spiro atoms. The van der Waals surface area contributed by atoms with E-state index in [1.165, 1.54) is 6.33 Å². The van der Waals surface area contributed by atoms with Crippen molar-refractivity contribution in [1.29, 1.82) is 0 Å². The summed E-state index contributed by atoms with van der Waals surface area (Å²) in [4.78, 5) is 17.3. The lowest BCUT2D eigenvalue weighted by Crippen LogP contribution is -2.08. The topological polar surface area (TPSA) is 63.6 Å². The van der Waals surface area contributed by atoms with Gasteiger partial charge in [-0.2, -0.15) is 0 Å². The summed E-state index contributed by atoms with van der Waals surface area (Å²) in [6.07, 6.45) is 5.22. The van der Waals surface area contributed by atoms with Crippen molar-refractivity contribution in [2.75, 3.05) is 11.9 Å². The number of halogens is 1.